The summed E-state index contributed by atoms with van der Waals surface area (Å²) in [6.07, 6.45) is 18.7. The predicted octanol–water partition coefficient (Wildman–Crippen LogP) is 5.82. The van der Waals surface area contributed by atoms with Gasteiger partial charge in [-0.05, 0) is 46.0 Å². The minimum Gasteiger partial charge on any atom is -0.469 e. The number of hydrogen-bond acceptors (Lipinski definition) is 3. The summed E-state index contributed by atoms with van der Waals surface area (Å²) in [6, 6.07) is 0. The second-order valence-corrected chi connectivity index (χ2v) is 7.74. The lowest BCUT2D eigenvalue weighted by Crippen LogP contribution is -2.25. The van der Waals surface area contributed by atoms with Crippen molar-refractivity contribution in [2.24, 2.45) is 5.41 Å². The van der Waals surface area contributed by atoms with Gasteiger partial charge in [0, 0.05) is 0 Å². The number of methoxy groups -OCH3 is 1. The SMILES string of the molecule is CCCCCC1OC1C/C=C\CCCCCCC(C)(C)C(=O)OC. The van der Waals surface area contributed by atoms with Crippen molar-refractivity contribution in [3.63, 3.8) is 0 Å². The molecule has 24 heavy (non-hydrogen) atoms. The van der Waals surface area contributed by atoms with Gasteiger partial charge in [-0.1, -0.05) is 57.6 Å². The molecule has 1 heterocycles. The molecule has 2 atom stereocenters. The van der Waals surface area contributed by atoms with E-state index in [1.807, 2.05) is 13.8 Å². The molecule has 140 valence electrons. The van der Waals surface area contributed by atoms with Crippen LogP contribution in [-0.2, 0) is 14.3 Å². The molecule has 3 heteroatoms. The zero-order chi connectivity index (χ0) is 17.8. The van der Waals surface area contributed by atoms with E-state index in [0.717, 1.165) is 25.7 Å². The molecule has 0 amide bonds. The third-order valence-corrected chi connectivity index (χ3v) is 4.98. The number of ether oxygens (including phenoxy) is 2. The van der Waals surface area contributed by atoms with Crippen molar-refractivity contribution >= 4 is 5.97 Å². The van der Waals surface area contributed by atoms with E-state index in [0.29, 0.717) is 12.2 Å². The standard InChI is InChI=1S/C21H38O3/c1-5-6-12-15-18-19(24-18)16-13-10-8-7-9-11-14-17-21(2,3)20(22)23-4/h10,13,18-19H,5-9,11-12,14-17H2,1-4H3/b13-10-. The van der Waals surface area contributed by atoms with Crippen LogP contribution in [0.2, 0.25) is 0 Å². The van der Waals surface area contributed by atoms with Gasteiger partial charge in [-0.25, -0.2) is 0 Å². The molecular weight excluding hydrogens is 300 g/mol. The van der Waals surface area contributed by atoms with Crippen LogP contribution in [0, 0.1) is 5.41 Å². The Balaban J connectivity index is 1.91. The maximum atomic E-state index is 11.6. The summed E-state index contributed by atoms with van der Waals surface area (Å²) in [5.41, 5.74) is -0.341. The van der Waals surface area contributed by atoms with E-state index in [1.54, 1.807) is 0 Å². The van der Waals surface area contributed by atoms with Crippen molar-refractivity contribution in [2.75, 3.05) is 7.11 Å². The van der Waals surface area contributed by atoms with Crippen LogP contribution in [0.3, 0.4) is 0 Å². The van der Waals surface area contributed by atoms with Crippen molar-refractivity contribution in [3.8, 4) is 0 Å². The zero-order valence-corrected chi connectivity index (χ0v) is 16.3. The van der Waals surface area contributed by atoms with E-state index in [2.05, 4.69) is 19.1 Å². The van der Waals surface area contributed by atoms with E-state index in [9.17, 15) is 4.79 Å². The largest absolute Gasteiger partial charge is 0.469 e. The lowest BCUT2D eigenvalue weighted by Gasteiger charge is -2.20. The van der Waals surface area contributed by atoms with Crippen LogP contribution in [0.5, 0.6) is 0 Å². The molecule has 0 radical (unpaired) electrons. The predicted molar refractivity (Wildman–Crippen MR) is 100 cm³/mol. The minimum absolute atomic E-state index is 0.0965. The van der Waals surface area contributed by atoms with Gasteiger partial charge < -0.3 is 9.47 Å². The van der Waals surface area contributed by atoms with Gasteiger partial charge in [0.05, 0.1) is 24.7 Å². The fourth-order valence-corrected chi connectivity index (χ4v) is 3.15. The lowest BCUT2D eigenvalue weighted by molar-refractivity contribution is -0.151. The molecule has 1 rings (SSSR count). The normalized spacial score (nSPS) is 20.5. The van der Waals surface area contributed by atoms with Crippen LogP contribution in [0.4, 0.5) is 0 Å². The maximum absolute atomic E-state index is 11.6. The second kappa shape index (κ2) is 11.7. The first-order valence-electron chi connectivity index (χ1n) is 9.90. The molecule has 2 unspecified atom stereocenters. The van der Waals surface area contributed by atoms with E-state index in [-0.39, 0.29) is 11.4 Å². The van der Waals surface area contributed by atoms with E-state index >= 15 is 0 Å². The molecule has 0 bridgehead atoms. The third kappa shape index (κ3) is 8.86. The van der Waals surface area contributed by atoms with E-state index < -0.39 is 0 Å². The maximum Gasteiger partial charge on any atom is 0.311 e. The number of carbonyl (C=O) groups excluding carboxylic acids is 1. The highest BCUT2D eigenvalue weighted by Gasteiger charge is 2.36. The summed E-state index contributed by atoms with van der Waals surface area (Å²) in [5, 5.41) is 0. The molecule has 0 aliphatic carbocycles. The summed E-state index contributed by atoms with van der Waals surface area (Å²) in [4.78, 5) is 11.6. The van der Waals surface area contributed by atoms with Crippen LogP contribution in [0.1, 0.15) is 91.4 Å². The van der Waals surface area contributed by atoms with Crippen LogP contribution in [0.15, 0.2) is 12.2 Å². The molecule has 0 N–H and O–H groups in total. The Morgan fingerprint density at radius 2 is 1.79 bits per heavy atom. The summed E-state index contributed by atoms with van der Waals surface area (Å²) in [6.45, 7) is 6.18. The molecule has 0 spiro atoms. The van der Waals surface area contributed by atoms with E-state index in [4.69, 9.17) is 9.47 Å². The molecule has 1 fully saturated rings. The van der Waals surface area contributed by atoms with Gasteiger partial charge >= 0.3 is 5.97 Å². The van der Waals surface area contributed by atoms with Crippen molar-refractivity contribution in [3.05, 3.63) is 12.2 Å². The summed E-state index contributed by atoms with van der Waals surface area (Å²) in [7, 11) is 1.47. The van der Waals surface area contributed by atoms with Crippen molar-refractivity contribution < 1.29 is 14.3 Å². The number of hydrogen-bond donors (Lipinski definition) is 0. The lowest BCUT2D eigenvalue weighted by atomic mass is 9.87. The highest BCUT2D eigenvalue weighted by molar-refractivity contribution is 5.75. The number of epoxide rings is 1. The zero-order valence-electron chi connectivity index (χ0n) is 16.3. The first-order chi connectivity index (χ1) is 11.5. The fourth-order valence-electron chi connectivity index (χ4n) is 3.15. The smallest absolute Gasteiger partial charge is 0.311 e. The van der Waals surface area contributed by atoms with Gasteiger partial charge in [0.15, 0.2) is 0 Å². The molecule has 0 aromatic carbocycles. The Hall–Kier alpha value is -0.830. The molecule has 1 saturated heterocycles. The second-order valence-electron chi connectivity index (χ2n) is 7.74. The highest BCUT2D eigenvalue weighted by Crippen LogP contribution is 2.30. The van der Waals surface area contributed by atoms with Gasteiger partial charge in [-0.2, -0.15) is 0 Å². The average molecular weight is 339 g/mol. The molecule has 0 aromatic rings. The highest BCUT2D eigenvalue weighted by atomic mass is 16.6. The monoisotopic (exact) mass is 338 g/mol. The number of allylic oxidation sites excluding steroid dienone is 1. The molecule has 1 aliphatic rings. The first-order valence-corrected chi connectivity index (χ1v) is 9.90. The van der Waals surface area contributed by atoms with Crippen molar-refractivity contribution in [1.82, 2.24) is 0 Å². The number of esters is 1. The van der Waals surface area contributed by atoms with Gasteiger partial charge in [-0.15, -0.1) is 0 Å². The van der Waals surface area contributed by atoms with Crippen LogP contribution >= 0.6 is 0 Å². The van der Waals surface area contributed by atoms with E-state index in [1.165, 1.54) is 52.1 Å². The van der Waals surface area contributed by atoms with Crippen LogP contribution in [-0.4, -0.2) is 25.3 Å². The molecular formula is C21H38O3. The van der Waals surface area contributed by atoms with Crippen LogP contribution < -0.4 is 0 Å². The molecule has 3 nitrogen and oxygen atoms in total. The van der Waals surface area contributed by atoms with Gasteiger partial charge in [0.25, 0.3) is 0 Å². The van der Waals surface area contributed by atoms with Crippen molar-refractivity contribution in [2.45, 2.75) is 104 Å². The number of unbranched alkanes of at least 4 members (excludes halogenated alkanes) is 6. The summed E-state index contributed by atoms with van der Waals surface area (Å²) in [5.74, 6) is -0.0965. The van der Waals surface area contributed by atoms with Gasteiger partial charge in [0.1, 0.15) is 0 Å². The van der Waals surface area contributed by atoms with Gasteiger partial charge in [-0.3, -0.25) is 4.79 Å². The number of carbonyl (C=O) groups is 1. The topological polar surface area (TPSA) is 38.8 Å². The number of rotatable bonds is 14. The first kappa shape index (κ1) is 21.2. The Bertz CT molecular complexity index is 373. The summed E-state index contributed by atoms with van der Waals surface area (Å²) >= 11 is 0. The summed E-state index contributed by atoms with van der Waals surface area (Å²) < 4.78 is 10.5. The Labute approximate surface area is 149 Å². The third-order valence-electron chi connectivity index (χ3n) is 4.98. The Morgan fingerprint density at radius 3 is 2.50 bits per heavy atom. The Morgan fingerprint density at radius 1 is 1.04 bits per heavy atom. The molecule has 1 aliphatic heterocycles. The molecule has 0 aromatic heterocycles. The Kier molecular flexibility index (Phi) is 10.3. The molecule has 0 saturated carbocycles. The van der Waals surface area contributed by atoms with Crippen molar-refractivity contribution in [1.29, 1.82) is 0 Å². The fraction of sp³-hybridized carbons (Fsp3) is 0.857. The average Bonchev–Trinajstić information content (AvgIpc) is 3.31. The van der Waals surface area contributed by atoms with Crippen LogP contribution in [0.25, 0.3) is 0 Å². The minimum atomic E-state index is -0.341. The van der Waals surface area contributed by atoms with Gasteiger partial charge in [0.2, 0.25) is 0 Å². The quantitative estimate of drug-likeness (QED) is 0.173.